The van der Waals surface area contributed by atoms with Crippen LogP contribution in [0.4, 0.5) is 0 Å². The van der Waals surface area contributed by atoms with Gasteiger partial charge in [-0.2, -0.15) is 8.42 Å². The smallest absolute Gasteiger partial charge is 0.294 e. The minimum absolute atomic E-state index is 0.0741. The molecule has 1 aromatic rings. The zero-order valence-electron chi connectivity index (χ0n) is 6.77. The summed E-state index contributed by atoms with van der Waals surface area (Å²) in [5.41, 5.74) is 0. The Morgan fingerprint density at radius 3 is 1.79 bits per heavy atom. The summed E-state index contributed by atoms with van der Waals surface area (Å²) in [5, 5.41) is 13.6. The highest BCUT2D eigenvalue weighted by Crippen LogP contribution is 2.05. The average Bonchev–Trinajstić information content (AvgIpc) is 2.03. The number of benzene rings is 1. The third kappa shape index (κ3) is 5.91. The fourth-order valence-corrected chi connectivity index (χ4v) is 1.09. The van der Waals surface area contributed by atoms with Crippen LogP contribution in [0.15, 0.2) is 35.2 Å². The van der Waals surface area contributed by atoms with Gasteiger partial charge in [0.05, 0.1) is 4.90 Å². The Bertz CT molecular complexity index is 382. The zero-order chi connectivity index (χ0) is 11.2. The van der Waals surface area contributed by atoms with Gasteiger partial charge in [-0.3, -0.25) is 4.55 Å². The summed E-state index contributed by atoms with van der Waals surface area (Å²) in [7, 11) is -4.00. The summed E-state index contributed by atoms with van der Waals surface area (Å²) in [6.07, 6.45) is 0. The van der Waals surface area contributed by atoms with E-state index in [0.717, 1.165) is 0 Å². The van der Waals surface area contributed by atoms with Gasteiger partial charge < -0.3 is 5.21 Å². The maximum atomic E-state index is 10.4. The van der Waals surface area contributed by atoms with Crippen molar-refractivity contribution in [3.05, 3.63) is 40.4 Å². The molecule has 0 bridgehead atoms. The SMILES string of the molecule is O=S(=O)(O)c1ccccc1.O=[N+]([O-])O. The first kappa shape index (κ1) is 12.3. The molecule has 8 heteroatoms. The summed E-state index contributed by atoms with van der Waals surface area (Å²) in [6, 6.07) is 7.42. The highest BCUT2D eigenvalue weighted by Gasteiger charge is 2.05. The largest absolute Gasteiger partial charge is 0.328 e. The van der Waals surface area contributed by atoms with Crippen LogP contribution in [0.5, 0.6) is 0 Å². The minimum atomic E-state index is -4.00. The van der Waals surface area contributed by atoms with E-state index in [1.165, 1.54) is 12.1 Å². The van der Waals surface area contributed by atoms with Gasteiger partial charge in [0.1, 0.15) is 0 Å². The molecule has 7 nitrogen and oxygen atoms in total. The van der Waals surface area contributed by atoms with Gasteiger partial charge in [0.2, 0.25) is 0 Å². The molecule has 0 heterocycles. The molecule has 1 aromatic carbocycles. The third-order valence-corrected chi connectivity index (χ3v) is 1.91. The number of rotatable bonds is 1. The van der Waals surface area contributed by atoms with E-state index in [1.54, 1.807) is 18.2 Å². The molecule has 0 radical (unpaired) electrons. The van der Waals surface area contributed by atoms with Crippen LogP contribution in [-0.2, 0) is 10.1 Å². The lowest BCUT2D eigenvalue weighted by Gasteiger charge is -1.92. The van der Waals surface area contributed by atoms with E-state index in [1.807, 2.05) is 0 Å². The van der Waals surface area contributed by atoms with Crippen LogP contribution in [0.25, 0.3) is 0 Å². The second-order valence-corrected chi connectivity index (χ2v) is 3.45. The maximum absolute atomic E-state index is 10.4. The Morgan fingerprint density at radius 2 is 1.57 bits per heavy atom. The van der Waals surface area contributed by atoms with Crippen molar-refractivity contribution in [3.8, 4) is 0 Å². The van der Waals surface area contributed by atoms with Gasteiger partial charge in [-0.25, -0.2) is 0 Å². The van der Waals surface area contributed by atoms with Crippen LogP contribution in [-0.4, -0.2) is 23.3 Å². The monoisotopic (exact) mass is 221 g/mol. The normalized spacial score (nSPS) is 9.79. The van der Waals surface area contributed by atoms with Crippen molar-refractivity contribution in [1.29, 1.82) is 0 Å². The molecule has 0 aliphatic carbocycles. The standard InChI is InChI=1S/C6H6O3S.HNO3/c7-10(8,9)6-4-2-1-3-5-6;2-1(3)4/h1-5H,(H,7,8,9);(H,2,3,4). The Balaban J connectivity index is 0.000000364. The molecule has 0 aromatic heterocycles. The molecule has 14 heavy (non-hydrogen) atoms. The molecule has 2 N–H and O–H groups in total. The molecule has 78 valence electrons. The van der Waals surface area contributed by atoms with E-state index in [2.05, 4.69) is 0 Å². The lowest BCUT2D eigenvalue weighted by molar-refractivity contribution is -0.742. The van der Waals surface area contributed by atoms with Crippen LogP contribution in [0, 0.1) is 10.1 Å². The molecule has 0 fully saturated rings. The van der Waals surface area contributed by atoms with Gasteiger partial charge >= 0.3 is 0 Å². The average molecular weight is 221 g/mol. The van der Waals surface area contributed by atoms with Crippen molar-refractivity contribution < 1.29 is 23.3 Å². The highest BCUT2D eigenvalue weighted by molar-refractivity contribution is 7.85. The van der Waals surface area contributed by atoms with E-state index in [9.17, 15) is 8.42 Å². The van der Waals surface area contributed by atoms with Crippen LogP contribution >= 0.6 is 0 Å². The Labute approximate surface area is 79.5 Å². The van der Waals surface area contributed by atoms with Crippen LogP contribution in [0.2, 0.25) is 0 Å². The second-order valence-electron chi connectivity index (χ2n) is 2.03. The second kappa shape index (κ2) is 5.14. The summed E-state index contributed by atoms with van der Waals surface area (Å²) < 4.78 is 29.2. The van der Waals surface area contributed by atoms with Gasteiger partial charge in [-0.05, 0) is 12.1 Å². The minimum Gasteiger partial charge on any atom is -0.328 e. The third-order valence-electron chi connectivity index (χ3n) is 1.04. The lowest BCUT2D eigenvalue weighted by atomic mass is 10.4. The molecular formula is C6H7NO6S. The molecule has 0 aliphatic heterocycles. The van der Waals surface area contributed by atoms with Gasteiger partial charge in [0.15, 0.2) is 0 Å². The first-order chi connectivity index (χ1) is 6.34. The van der Waals surface area contributed by atoms with Crippen molar-refractivity contribution in [2.45, 2.75) is 4.90 Å². The number of nitrogens with zero attached hydrogens (tertiary/aromatic N) is 1. The highest BCUT2D eigenvalue weighted by atomic mass is 32.2. The predicted octanol–water partition coefficient (Wildman–Crippen LogP) is 0.586. The number of hydrogen-bond donors (Lipinski definition) is 2. The van der Waals surface area contributed by atoms with Gasteiger partial charge in [0.25, 0.3) is 15.2 Å². The summed E-state index contributed by atoms with van der Waals surface area (Å²) >= 11 is 0. The molecule has 0 saturated carbocycles. The van der Waals surface area contributed by atoms with Crippen LogP contribution in [0.1, 0.15) is 0 Å². The maximum Gasteiger partial charge on any atom is 0.294 e. The molecule has 0 unspecified atom stereocenters. The van der Waals surface area contributed by atoms with E-state index in [0.29, 0.717) is 0 Å². The van der Waals surface area contributed by atoms with Crippen molar-refractivity contribution >= 4 is 10.1 Å². The molecule has 1 rings (SSSR count). The van der Waals surface area contributed by atoms with E-state index in [-0.39, 0.29) is 4.90 Å². The molecule has 0 saturated heterocycles. The van der Waals surface area contributed by atoms with Gasteiger partial charge in [-0.15, -0.1) is 10.1 Å². The van der Waals surface area contributed by atoms with Crippen molar-refractivity contribution in [2.75, 3.05) is 0 Å². The molecule has 0 spiro atoms. The first-order valence-corrected chi connectivity index (χ1v) is 4.64. The van der Waals surface area contributed by atoms with Crippen LogP contribution < -0.4 is 0 Å². The predicted molar refractivity (Wildman–Crippen MR) is 45.0 cm³/mol. The topological polar surface area (TPSA) is 118 Å². The summed E-state index contributed by atoms with van der Waals surface area (Å²) in [5.74, 6) is 0. The van der Waals surface area contributed by atoms with Gasteiger partial charge in [-0.1, -0.05) is 18.2 Å². The van der Waals surface area contributed by atoms with Crippen molar-refractivity contribution in [2.24, 2.45) is 0 Å². The summed E-state index contributed by atoms with van der Waals surface area (Å²) in [4.78, 5) is 8.29. The first-order valence-electron chi connectivity index (χ1n) is 3.20. The van der Waals surface area contributed by atoms with E-state index < -0.39 is 15.2 Å². The Morgan fingerprint density at radius 1 is 1.21 bits per heavy atom. The molecule has 0 amide bonds. The van der Waals surface area contributed by atoms with Gasteiger partial charge in [0, 0.05) is 0 Å². The van der Waals surface area contributed by atoms with E-state index >= 15 is 0 Å². The Hall–Kier alpha value is -1.67. The Kier molecular flexibility index (Phi) is 4.53. The molecule has 0 aliphatic rings. The fourth-order valence-electron chi connectivity index (χ4n) is 0.592. The van der Waals surface area contributed by atoms with Crippen LogP contribution in [0.3, 0.4) is 0 Å². The lowest BCUT2D eigenvalue weighted by Crippen LogP contribution is -1.96. The number of hydrogen-bond acceptors (Lipinski definition) is 4. The van der Waals surface area contributed by atoms with E-state index in [4.69, 9.17) is 19.9 Å². The van der Waals surface area contributed by atoms with Crippen molar-refractivity contribution in [3.63, 3.8) is 0 Å². The molecular weight excluding hydrogens is 214 g/mol. The zero-order valence-corrected chi connectivity index (χ0v) is 7.59. The molecule has 0 atom stereocenters. The summed E-state index contributed by atoms with van der Waals surface area (Å²) in [6.45, 7) is 0. The van der Waals surface area contributed by atoms with Crippen molar-refractivity contribution in [1.82, 2.24) is 0 Å². The quantitative estimate of drug-likeness (QED) is 0.407. The fraction of sp³-hybridized carbons (Fsp3) is 0.